The Morgan fingerprint density at radius 1 is 1.16 bits per heavy atom. The maximum Gasteiger partial charge on any atom is 0.260 e. The summed E-state index contributed by atoms with van der Waals surface area (Å²) in [6.07, 6.45) is -0.148. The third-order valence-electron chi connectivity index (χ3n) is 4.55. The highest BCUT2D eigenvalue weighted by Gasteiger charge is 2.35. The minimum Gasteiger partial charge on any atom is -0.484 e. The maximum atomic E-state index is 13.7. The van der Waals surface area contributed by atoms with Crippen molar-refractivity contribution in [2.75, 3.05) is 19.4 Å². The molecule has 2 heterocycles. The van der Waals surface area contributed by atoms with Gasteiger partial charge in [0, 0.05) is 28.9 Å². The van der Waals surface area contributed by atoms with Gasteiger partial charge < -0.3 is 15.0 Å². The highest BCUT2D eigenvalue weighted by Crippen LogP contribution is 2.45. The Morgan fingerprint density at radius 3 is 2.72 bits per heavy atom. The van der Waals surface area contributed by atoms with Gasteiger partial charge in [-0.2, -0.15) is 0 Å². The number of hydrogen-bond donors (Lipinski definition) is 1. The van der Waals surface area contributed by atoms with Gasteiger partial charge in [-0.25, -0.2) is 4.39 Å². The lowest BCUT2D eigenvalue weighted by atomic mass is 9.97. The van der Waals surface area contributed by atoms with Crippen LogP contribution in [0.25, 0.3) is 11.3 Å². The molecule has 2 aromatic carbocycles. The van der Waals surface area contributed by atoms with Crippen molar-refractivity contribution in [3.05, 3.63) is 64.5 Å². The van der Waals surface area contributed by atoms with E-state index < -0.39 is 0 Å². The standard InChI is InChI=1S/C20H19FN2O2/c1-11-15-8-12(10-23(2)3)4-6-14(15)19(25-11)18-16-9-13(21)5-7-17(16)22-20(18)24/h4-9,11H,10H2,1-3H3,(H,22,24). The van der Waals surface area contributed by atoms with Crippen molar-refractivity contribution in [2.45, 2.75) is 19.6 Å². The molecule has 5 heteroatoms. The van der Waals surface area contributed by atoms with Crippen LogP contribution in [0.2, 0.25) is 0 Å². The largest absolute Gasteiger partial charge is 0.484 e. The third-order valence-corrected chi connectivity index (χ3v) is 4.55. The molecule has 4 nitrogen and oxygen atoms in total. The Balaban J connectivity index is 1.86. The van der Waals surface area contributed by atoms with E-state index in [1.165, 1.54) is 17.7 Å². The van der Waals surface area contributed by atoms with Crippen LogP contribution >= 0.6 is 0 Å². The van der Waals surface area contributed by atoms with Crippen LogP contribution in [0.15, 0.2) is 36.4 Å². The zero-order valence-electron chi connectivity index (χ0n) is 14.4. The molecular weight excluding hydrogens is 319 g/mol. The summed E-state index contributed by atoms with van der Waals surface area (Å²) in [7, 11) is 4.05. The van der Waals surface area contributed by atoms with Crippen molar-refractivity contribution in [1.82, 2.24) is 4.90 Å². The Labute approximate surface area is 145 Å². The first-order chi connectivity index (χ1) is 11.9. The molecular formula is C20H19FN2O2. The summed E-state index contributed by atoms with van der Waals surface area (Å²) in [5.74, 6) is -0.102. The van der Waals surface area contributed by atoms with Crippen molar-refractivity contribution < 1.29 is 13.9 Å². The topological polar surface area (TPSA) is 41.6 Å². The lowest BCUT2D eigenvalue weighted by Crippen LogP contribution is -2.10. The quantitative estimate of drug-likeness (QED) is 0.847. The summed E-state index contributed by atoms with van der Waals surface area (Å²) in [5, 5.41) is 2.78. The van der Waals surface area contributed by atoms with Gasteiger partial charge >= 0.3 is 0 Å². The number of benzene rings is 2. The van der Waals surface area contributed by atoms with Gasteiger partial charge in [0.25, 0.3) is 5.91 Å². The summed E-state index contributed by atoms with van der Waals surface area (Å²) in [4.78, 5) is 14.6. The summed E-state index contributed by atoms with van der Waals surface area (Å²) >= 11 is 0. The van der Waals surface area contributed by atoms with Crippen molar-refractivity contribution in [2.24, 2.45) is 0 Å². The minimum atomic E-state index is -0.374. The normalized spacial score (nSPS) is 21.2. The number of carbonyl (C=O) groups excluding carboxylic acids is 1. The van der Waals surface area contributed by atoms with E-state index >= 15 is 0 Å². The lowest BCUT2D eigenvalue weighted by molar-refractivity contribution is -0.110. The second-order valence-corrected chi connectivity index (χ2v) is 6.77. The Hall–Kier alpha value is -2.66. The average Bonchev–Trinajstić information content (AvgIpc) is 3.03. The van der Waals surface area contributed by atoms with Gasteiger partial charge in [0.05, 0.1) is 5.57 Å². The predicted octanol–water partition coefficient (Wildman–Crippen LogP) is 3.80. The molecule has 2 aliphatic heterocycles. The molecule has 1 amide bonds. The van der Waals surface area contributed by atoms with Crippen LogP contribution in [-0.4, -0.2) is 24.9 Å². The van der Waals surface area contributed by atoms with Crippen LogP contribution in [0.5, 0.6) is 0 Å². The molecule has 0 aromatic heterocycles. The van der Waals surface area contributed by atoms with Gasteiger partial charge in [-0.3, -0.25) is 4.79 Å². The first kappa shape index (κ1) is 15.8. The van der Waals surface area contributed by atoms with Gasteiger partial charge in [0.2, 0.25) is 0 Å². The fraction of sp³-hybridized carbons (Fsp3) is 0.250. The molecule has 0 radical (unpaired) electrons. The van der Waals surface area contributed by atoms with E-state index in [2.05, 4.69) is 16.3 Å². The fourth-order valence-electron chi connectivity index (χ4n) is 3.48. The number of carbonyl (C=O) groups is 1. The molecule has 0 spiro atoms. The van der Waals surface area contributed by atoms with E-state index in [4.69, 9.17) is 4.74 Å². The van der Waals surface area contributed by atoms with E-state index in [0.29, 0.717) is 22.6 Å². The summed E-state index contributed by atoms with van der Waals surface area (Å²) < 4.78 is 19.7. The molecule has 0 aliphatic carbocycles. The fourth-order valence-corrected chi connectivity index (χ4v) is 3.48. The summed E-state index contributed by atoms with van der Waals surface area (Å²) in [6.45, 7) is 2.80. The van der Waals surface area contributed by atoms with Gasteiger partial charge in [-0.05, 0) is 44.8 Å². The minimum absolute atomic E-state index is 0.148. The van der Waals surface area contributed by atoms with Crippen LogP contribution in [0, 0.1) is 5.82 Å². The first-order valence-electron chi connectivity index (χ1n) is 8.24. The van der Waals surface area contributed by atoms with Crippen molar-refractivity contribution in [3.63, 3.8) is 0 Å². The third kappa shape index (κ3) is 2.61. The van der Waals surface area contributed by atoms with Gasteiger partial charge in [0.1, 0.15) is 17.7 Å². The predicted molar refractivity (Wildman–Crippen MR) is 95.2 cm³/mol. The smallest absolute Gasteiger partial charge is 0.260 e. The highest BCUT2D eigenvalue weighted by molar-refractivity contribution is 6.36. The number of fused-ring (bicyclic) bond motifs is 2. The number of ether oxygens (including phenoxy) is 1. The van der Waals surface area contributed by atoms with Crippen molar-refractivity contribution in [1.29, 1.82) is 0 Å². The zero-order valence-corrected chi connectivity index (χ0v) is 14.4. The molecule has 128 valence electrons. The highest BCUT2D eigenvalue weighted by atomic mass is 19.1. The first-order valence-corrected chi connectivity index (χ1v) is 8.24. The van der Waals surface area contributed by atoms with Crippen LogP contribution < -0.4 is 5.32 Å². The monoisotopic (exact) mass is 338 g/mol. The molecule has 1 atom stereocenters. The number of rotatable bonds is 2. The number of nitrogens with one attached hydrogen (secondary N) is 1. The summed E-state index contributed by atoms with van der Waals surface area (Å²) in [5.41, 5.74) is 4.71. The average molecular weight is 338 g/mol. The Bertz CT molecular complexity index is 918. The second-order valence-electron chi connectivity index (χ2n) is 6.77. The van der Waals surface area contributed by atoms with E-state index in [9.17, 15) is 9.18 Å². The SMILES string of the molecule is CC1OC(=C2C(=O)Nc3ccc(F)cc32)c2ccc(CN(C)C)cc21. The number of amides is 1. The molecule has 4 rings (SSSR count). The molecule has 2 aromatic rings. The molecule has 0 fully saturated rings. The second kappa shape index (κ2) is 5.70. The molecule has 1 N–H and O–H groups in total. The zero-order chi connectivity index (χ0) is 17.7. The van der Waals surface area contributed by atoms with Crippen molar-refractivity contribution in [3.8, 4) is 0 Å². The maximum absolute atomic E-state index is 13.7. The van der Waals surface area contributed by atoms with Crippen molar-refractivity contribution >= 4 is 22.9 Å². The van der Waals surface area contributed by atoms with Gasteiger partial charge in [0.15, 0.2) is 0 Å². The Morgan fingerprint density at radius 2 is 1.96 bits per heavy atom. The number of hydrogen-bond acceptors (Lipinski definition) is 3. The van der Waals surface area contributed by atoms with Gasteiger partial charge in [-0.15, -0.1) is 0 Å². The molecule has 0 bridgehead atoms. The molecule has 25 heavy (non-hydrogen) atoms. The van der Waals surface area contributed by atoms with E-state index in [1.54, 1.807) is 6.07 Å². The summed E-state index contributed by atoms with van der Waals surface area (Å²) in [6, 6.07) is 10.4. The van der Waals surface area contributed by atoms with Gasteiger partial charge in [-0.1, -0.05) is 18.2 Å². The molecule has 0 saturated carbocycles. The number of halogens is 1. The van der Waals surface area contributed by atoms with Crippen LogP contribution in [-0.2, 0) is 16.1 Å². The number of anilines is 1. The number of nitrogens with zero attached hydrogens (tertiary/aromatic N) is 1. The van der Waals surface area contributed by atoms with E-state index in [1.807, 2.05) is 33.2 Å². The van der Waals surface area contributed by atoms with E-state index in [0.717, 1.165) is 17.7 Å². The van der Waals surface area contributed by atoms with Crippen LogP contribution in [0.1, 0.15) is 35.3 Å². The molecule has 0 saturated heterocycles. The molecule has 1 unspecified atom stereocenters. The van der Waals surface area contributed by atoms with Crippen LogP contribution in [0.3, 0.4) is 0 Å². The van der Waals surface area contributed by atoms with E-state index in [-0.39, 0.29) is 17.8 Å². The Kier molecular flexibility index (Phi) is 3.62. The van der Waals surface area contributed by atoms with Crippen LogP contribution in [0.4, 0.5) is 10.1 Å². The molecule has 2 aliphatic rings. The lowest BCUT2D eigenvalue weighted by Gasteiger charge is -2.11.